The number of piperazine rings is 1. The van der Waals surface area contributed by atoms with Crippen molar-refractivity contribution in [2.24, 2.45) is 0 Å². The van der Waals surface area contributed by atoms with Gasteiger partial charge >= 0.3 is 0 Å². The van der Waals surface area contributed by atoms with E-state index in [0.29, 0.717) is 12.0 Å². The highest BCUT2D eigenvalue weighted by molar-refractivity contribution is 7.18. The lowest BCUT2D eigenvalue weighted by atomic mass is 10.2. The first-order valence-electron chi connectivity index (χ1n) is 7.11. The second-order valence-corrected chi connectivity index (χ2v) is 6.64. The molecule has 1 unspecified atom stereocenters. The van der Waals surface area contributed by atoms with Gasteiger partial charge in [-0.25, -0.2) is 4.98 Å². The van der Waals surface area contributed by atoms with E-state index in [4.69, 9.17) is 5.73 Å². The predicted molar refractivity (Wildman–Crippen MR) is 85.5 cm³/mol. The fourth-order valence-corrected chi connectivity index (χ4v) is 3.82. The maximum absolute atomic E-state index is 5.88. The number of aromatic nitrogens is 2. The highest BCUT2D eigenvalue weighted by atomic mass is 32.1. The third kappa shape index (κ3) is 2.33. The zero-order valence-electron chi connectivity index (χ0n) is 12.3. The summed E-state index contributed by atoms with van der Waals surface area (Å²) in [6, 6.07) is 2.71. The van der Waals surface area contributed by atoms with Crippen LogP contribution in [0.3, 0.4) is 0 Å². The van der Waals surface area contributed by atoms with E-state index in [-0.39, 0.29) is 0 Å². The summed E-state index contributed by atoms with van der Waals surface area (Å²) >= 11 is 1.68. The van der Waals surface area contributed by atoms with Crippen LogP contribution in [0.1, 0.15) is 18.7 Å². The Morgan fingerprint density at radius 1 is 1.40 bits per heavy atom. The number of aryl methyl sites for hydroxylation is 1. The molecule has 5 nitrogen and oxygen atoms in total. The Labute approximate surface area is 123 Å². The van der Waals surface area contributed by atoms with Gasteiger partial charge in [-0.05, 0) is 26.5 Å². The van der Waals surface area contributed by atoms with Crippen molar-refractivity contribution in [1.82, 2.24) is 14.9 Å². The number of thiophene rings is 1. The first kappa shape index (κ1) is 13.6. The van der Waals surface area contributed by atoms with Crippen LogP contribution in [0.2, 0.25) is 0 Å². The zero-order valence-corrected chi connectivity index (χ0v) is 13.1. The summed E-state index contributed by atoms with van der Waals surface area (Å²) in [5, 5.41) is 1.14. The molecule has 3 heterocycles. The second kappa shape index (κ2) is 5.18. The Morgan fingerprint density at radius 2 is 2.20 bits per heavy atom. The minimum absolute atomic E-state index is 0.375. The summed E-state index contributed by atoms with van der Waals surface area (Å²) in [6.07, 6.45) is 0. The van der Waals surface area contributed by atoms with Gasteiger partial charge in [-0.3, -0.25) is 4.90 Å². The van der Waals surface area contributed by atoms with Gasteiger partial charge in [0, 0.05) is 30.6 Å². The molecular formula is C14H21N5S. The van der Waals surface area contributed by atoms with Crippen LogP contribution in [0, 0.1) is 6.92 Å². The summed E-state index contributed by atoms with van der Waals surface area (Å²) in [7, 11) is 0. The normalized spacial score (nSPS) is 20.8. The van der Waals surface area contributed by atoms with Crippen molar-refractivity contribution >= 4 is 33.3 Å². The van der Waals surface area contributed by atoms with Crippen LogP contribution in [-0.2, 0) is 0 Å². The van der Waals surface area contributed by atoms with Crippen molar-refractivity contribution in [1.29, 1.82) is 0 Å². The SMILES string of the molecule is CCN1CCN(c2nc(N)nc3sc(C)cc23)CC1C. The minimum Gasteiger partial charge on any atom is -0.368 e. The molecule has 1 fully saturated rings. The minimum atomic E-state index is 0.375. The van der Waals surface area contributed by atoms with Crippen molar-refractivity contribution in [3.05, 3.63) is 10.9 Å². The van der Waals surface area contributed by atoms with Crippen LogP contribution in [-0.4, -0.2) is 47.1 Å². The van der Waals surface area contributed by atoms with Gasteiger partial charge in [0.2, 0.25) is 5.95 Å². The van der Waals surface area contributed by atoms with Gasteiger partial charge in [-0.1, -0.05) is 6.92 Å². The second-order valence-electron chi connectivity index (χ2n) is 5.40. The van der Waals surface area contributed by atoms with E-state index < -0.39 is 0 Å². The standard InChI is InChI=1S/C14H21N5S/c1-4-18-5-6-19(8-9(18)2)12-11-7-10(3)20-13(11)17-14(15)16-12/h7,9H,4-6,8H2,1-3H3,(H2,15,16,17). The van der Waals surface area contributed by atoms with Gasteiger partial charge in [0.25, 0.3) is 0 Å². The average Bonchev–Trinajstić information content (AvgIpc) is 2.77. The Balaban J connectivity index is 1.98. The van der Waals surface area contributed by atoms with E-state index >= 15 is 0 Å². The lowest BCUT2D eigenvalue weighted by Gasteiger charge is -2.40. The molecule has 1 atom stereocenters. The first-order valence-corrected chi connectivity index (χ1v) is 7.92. The van der Waals surface area contributed by atoms with Gasteiger partial charge in [-0.2, -0.15) is 4.98 Å². The number of anilines is 2. The third-order valence-electron chi connectivity index (χ3n) is 3.98. The number of nitrogens with zero attached hydrogens (tertiary/aromatic N) is 4. The van der Waals surface area contributed by atoms with E-state index in [9.17, 15) is 0 Å². The maximum Gasteiger partial charge on any atom is 0.223 e. The van der Waals surface area contributed by atoms with Crippen LogP contribution in [0.15, 0.2) is 6.07 Å². The van der Waals surface area contributed by atoms with E-state index in [1.165, 1.54) is 4.88 Å². The number of fused-ring (bicyclic) bond motifs is 1. The number of rotatable bonds is 2. The van der Waals surface area contributed by atoms with Gasteiger partial charge < -0.3 is 10.6 Å². The van der Waals surface area contributed by atoms with Gasteiger partial charge in [0.05, 0.1) is 5.39 Å². The van der Waals surface area contributed by atoms with Gasteiger partial charge in [-0.15, -0.1) is 11.3 Å². The van der Waals surface area contributed by atoms with Crippen LogP contribution in [0.4, 0.5) is 11.8 Å². The number of hydrogen-bond acceptors (Lipinski definition) is 6. The summed E-state index contributed by atoms with van der Waals surface area (Å²) in [5.74, 6) is 1.37. The molecule has 0 amide bonds. The van der Waals surface area contributed by atoms with Gasteiger partial charge in [0.1, 0.15) is 10.6 Å². The molecule has 2 N–H and O–H groups in total. The fraction of sp³-hybridized carbons (Fsp3) is 0.571. The zero-order chi connectivity index (χ0) is 14.3. The molecular weight excluding hydrogens is 270 g/mol. The molecule has 3 rings (SSSR count). The van der Waals surface area contributed by atoms with Crippen LogP contribution < -0.4 is 10.6 Å². The molecule has 1 saturated heterocycles. The van der Waals surface area contributed by atoms with Crippen LogP contribution in [0.25, 0.3) is 10.2 Å². The van der Waals surface area contributed by atoms with Crippen molar-refractivity contribution in [3.8, 4) is 0 Å². The van der Waals surface area contributed by atoms with Crippen molar-refractivity contribution in [2.45, 2.75) is 26.8 Å². The lowest BCUT2D eigenvalue weighted by Crippen LogP contribution is -2.52. The molecule has 1 aliphatic rings. The van der Waals surface area contributed by atoms with Gasteiger partial charge in [0.15, 0.2) is 0 Å². The molecule has 0 aromatic carbocycles. The van der Waals surface area contributed by atoms with E-state index in [2.05, 4.69) is 46.6 Å². The Kier molecular flexibility index (Phi) is 3.52. The molecule has 1 aliphatic heterocycles. The number of hydrogen-bond donors (Lipinski definition) is 1. The smallest absolute Gasteiger partial charge is 0.223 e. The molecule has 0 radical (unpaired) electrons. The summed E-state index contributed by atoms with van der Waals surface area (Å²) in [5.41, 5.74) is 5.88. The van der Waals surface area contributed by atoms with E-state index in [0.717, 1.165) is 42.2 Å². The predicted octanol–water partition coefficient (Wildman–Crippen LogP) is 2.11. The number of nitrogen functional groups attached to an aromatic ring is 1. The van der Waals surface area contributed by atoms with Crippen molar-refractivity contribution in [3.63, 3.8) is 0 Å². The molecule has 0 bridgehead atoms. The summed E-state index contributed by atoms with van der Waals surface area (Å²) < 4.78 is 0. The molecule has 6 heteroatoms. The Bertz CT molecular complexity index is 623. The highest BCUT2D eigenvalue weighted by Crippen LogP contribution is 2.32. The summed E-state index contributed by atoms with van der Waals surface area (Å²) in [4.78, 5) is 15.9. The van der Waals surface area contributed by atoms with Crippen LogP contribution in [0.5, 0.6) is 0 Å². The van der Waals surface area contributed by atoms with Crippen molar-refractivity contribution < 1.29 is 0 Å². The van der Waals surface area contributed by atoms with E-state index in [1.807, 2.05) is 0 Å². The molecule has 2 aromatic rings. The first-order chi connectivity index (χ1) is 9.58. The topological polar surface area (TPSA) is 58.3 Å². The monoisotopic (exact) mass is 291 g/mol. The number of nitrogens with two attached hydrogens (primary N) is 1. The maximum atomic E-state index is 5.88. The van der Waals surface area contributed by atoms with E-state index in [1.54, 1.807) is 11.3 Å². The summed E-state index contributed by atoms with van der Waals surface area (Å²) in [6.45, 7) is 10.8. The molecule has 0 spiro atoms. The fourth-order valence-electron chi connectivity index (χ4n) is 2.94. The molecule has 2 aromatic heterocycles. The van der Waals surface area contributed by atoms with Crippen molar-refractivity contribution in [2.75, 3.05) is 36.8 Å². The molecule has 0 saturated carbocycles. The molecule has 0 aliphatic carbocycles. The average molecular weight is 291 g/mol. The highest BCUT2D eigenvalue weighted by Gasteiger charge is 2.25. The lowest BCUT2D eigenvalue weighted by molar-refractivity contribution is 0.199. The van der Waals surface area contributed by atoms with Crippen LogP contribution >= 0.6 is 11.3 Å². The Hall–Kier alpha value is -1.40. The molecule has 108 valence electrons. The largest absolute Gasteiger partial charge is 0.368 e. The quantitative estimate of drug-likeness (QED) is 0.918. The molecule has 20 heavy (non-hydrogen) atoms. The Morgan fingerprint density at radius 3 is 2.90 bits per heavy atom. The third-order valence-corrected chi connectivity index (χ3v) is 4.93. The number of likely N-dealkylation sites (N-methyl/N-ethyl adjacent to an activating group) is 1.